The van der Waals surface area contributed by atoms with E-state index in [9.17, 15) is 5.11 Å². The van der Waals surface area contributed by atoms with Crippen molar-refractivity contribution >= 4 is 12.4 Å². The Morgan fingerprint density at radius 3 is 2.46 bits per heavy atom. The van der Waals surface area contributed by atoms with Crippen LogP contribution >= 0.6 is 0 Å². The molecule has 0 amide bonds. The van der Waals surface area contributed by atoms with Gasteiger partial charge in [-0.05, 0) is 27.7 Å². The van der Waals surface area contributed by atoms with Gasteiger partial charge in [0.25, 0.3) is 0 Å². The maximum absolute atomic E-state index is 11.4. The van der Waals surface area contributed by atoms with Crippen molar-refractivity contribution in [1.29, 1.82) is 0 Å². The molecule has 3 aliphatic rings. The maximum Gasteiger partial charge on any atom is 0.425 e. The molecule has 4 rings (SSSR count). The summed E-state index contributed by atoms with van der Waals surface area (Å²) in [4.78, 5) is 0. The summed E-state index contributed by atoms with van der Waals surface area (Å²) < 4.78 is 34.7. The third-order valence-electron chi connectivity index (χ3n) is 4.89. The predicted octanol–water partition coefficient (Wildman–Crippen LogP) is 2.06. The molecule has 152 valence electrons. The van der Waals surface area contributed by atoms with Gasteiger partial charge in [0.1, 0.15) is 6.10 Å². The van der Waals surface area contributed by atoms with Crippen LogP contribution in [0.25, 0.3) is 6.08 Å². The van der Waals surface area contributed by atoms with Crippen LogP contribution in [0.3, 0.4) is 0 Å². The van der Waals surface area contributed by atoms with Crippen molar-refractivity contribution in [3.63, 3.8) is 0 Å². The van der Waals surface area contributed by atoms with E-state index in [2.05, 4.69) is 6.29 Å². The Bertz CT molecular complexity index is 757. The van der Waals surface area contributed by atoms with Crippen molar-refractivity contribution in [2.45, 2.75) is 69.7 Å². The predicted molar refractivity (Wildman–Crippen MR) is 99.7 cm³/mol. The third-order valence-corrected chi connectivity index (χ3v) is 4.89. The number of hydrogen-bond acceptors (Lipinski definition) is 6. The molecule has 5 atom stereocenters. The van der Waals surface area contributed by atoms with E-state index in [4.69, 9.17) is 28.1 Å². The Labute approximate surface area is 164 Å². The topological polar surface area (TPSA) is 77.7 Å². The van der Waals surface area contributed by atoms with Crippen molar-refractivity contribution in [2.24, 2.45) is 0 Å². The summed E-state index contributed by atoms with van der Waals surface area (Å²) in [5.41, 5.74) is 0.985. The molecule has 0 aromatic heterocycles. The van der Waals surface area contributed by atoms with Gasteiger partial charge in [-0.1, -0.05) is 30.3 Å². The van der Waals surface area contributed by atoms with Crippen LogP contribution in [0.4, 0.5) is 0 Å². The minimum Gasteiger partial charge on any atom is -0.348 e. The second kappa shape index (κ2) is 7.02. The SMILES string of the molecule is CC1(C)OC[C@H]([C@H]2O[C@@H]3OC(C)(C)O[C@@H]3[C@]2(O)[O+]=[C-]/C=C/c2ccccc2)O1. The Kier molecular flexibility index (Phi) is 4.94. The van der Waals surface area contributed by atoms with Crippen molar-refractivity contribution < 1.29 is 33.2 Å². The second-order valence-corrected chi connectivity index (χ2v) is 8.06. The Balaban J connectivity index is 1.57. The highest BCUT2D eigenvalue weighted by atomic mass is 16.9. The van der Waals surface area contributed by atoms with Crippen molar-refractivity contribution in [2.75, 3.05) is 6.61 Å². The molecule has 3 heterocycles. The molecule has 0 saturated carbocycles. The first-order chi connectivity index (χ1) is 13.2. The van der Waals surface area contributed by atoms with Crippen LogP contribution in [0, 0.1) is 0 Å². The van der Waals surface area contributed by atoms with E-state index < -0.39 is 42.0 Å². The summed E-state index contributed by atoms with van der Waals surface area (Å²) in [6.07, 6.45) is 3.07. The molecular weight excluding hydrogens is 364 g/mol. The smallest absolute Gasteiger partial charge is 0.348 e. The van der Waals surface area contributed by atoms with Crippen LogP contribution in [0.5, 0.6) is 0 Å². The van der Waals surface area contributed by atoms with E-state index in [0.717, 1.165) is 5.56 Å². The van der Waals surface area contributed by atoms with Crippen LogP contribution in [-0.4, -0.2) is 60.0 Å². The number of rotatable bonds is 4. The van der Waals surface area contributed by atoms with Gasteiger partial charge in [-0.2, -0.15) is 6.08 Å². The molecule has 0 radical (unpaired) electrons. The lowest BCUT2D eigenvalue weighted by molar-refractivity contribution is -0.336. The average molecular weight is 390 g/mol. The van der Waals surface area contributed by atoms with Gasteiger partial charge in [0.15, 0.2) is 11.6 Å². The maximum atomic E-state index is 11.4. The van der Waals surface area contributed by atoms with Gasteiger partial charge in [-0.3, -0.25) is 0 Å². The highest BCUT2D eigenvalue weighted by molar-refractivity contribution is 5.74. The fraction of sp³-hybridized carbons (Fsp3) is 0.571. The second-order valence-electron chi connectivity index (χ2n) is 8.06. The summed E-state index contributed by atoms with van der Waals surface area (Å²) >= 11 is 0. The van der Waals surface area contributed by atoms with E-state index in [-0.39, 0.29) is 6.61 Å². The molecule has 3 aliphatic heterocycles. The monoisotopic (exact) mass is 390 g/mol. The largest absolute Gasteiger partial charge is 0.425 e. The molecule has 0 spiro atoms. The Hall–Kier alpha value is -1.61. The lowest BCUT2D eigenvalue weighted by Crippen LogP contribution is -2.54. The van der Waals surface area contributed by atoms with Gasteiger partial charge in [-0.25, -0.2) is 0 Å². The quantitative estimate of drug-likeness (QED) is 0.367. The minimum absolute atomic E-state index is 0.256. The summed E-state index contributed by atoms with van der Waals surface area (Å²) in [6, 6.07) is 9.71. The zero-order chi connectivity index (χ0) is 20.0. The van der Waals surface area contributed by atoms with Crippen LogP contribution in [0.2, 0.25) is 0 Å². The van der Waals surface area contributed by atoms with Gasteiger partial charge in [-0.15, -0.1) is 11.6 Å². The van der Waals surface area contributed by atoms with Crippen molar-refractivity contribution in [3.05, 3.63) is 42.0 Å². The van der Waals surface area contributed by atoms with Crippen LogP contribution in [0.15, 0.2) is 36.4 Å². The number of allylic oxidation sites excluding steroid dienone is 1. The lowest BCUT2D eigenvalue weighted by atomic mass is 10.0. The molecule has 0 aliphatic carbocycles. The van der Waals surface area contributed by atoms with E-state index in [0.29, 0.717) is 0 Å². The summed E-state index contributed by atoms with van der Waals surface area (Å²) in [5, 5.41) is 11.4. The molecule has 28 heavy (non-hydrogen) atoms. The van der Waals surface area contributed by atoms with Gasteiger partial charge >= 0.3 is 5.79 Å². The zero-order valence-electron chi connectivity index (χ0n) is 16.5. The van der Waals surface area contributed by atoms with Crippen LogP contribution in [0.1, 0.15) is 33.3 Å². The first-order valence-corrected chi connectivity index (χ1v) is 9.39. The molecule has 0 unspecified atom stereocenters. The van der Waals surface area contributed by atoms with E-state index in [1.165, 1.54) is 0 Å². The normalized spacial score (nSPS) is 39.2. The molecule has 3 saturated heterocycles. The highest BCUT2D eigenvalue weighted by Gasteiger charge is 2.73. The summed E-state index contributed by atoms with van der Waals surface area (Å²) in [7, 11) is 0. The number of benzene rings is 1. The van der Waals surface area contributed by atoms with Gasteiger partial charge in [0, 0.05) is 0 Å². The standard InChI is InChI=1S/C21H26O7/c1-19(2)24-13-15(26-19)16-21(22,17-18(25-16)28-20(3,4)27-17)23-12-8-11-14-9-6-5-7-10-14/h5-11,15-18,22H,13H2,1-4H3/b11-8+/t15-,16-,17+,18-,21-/m1/s1. The molecule has 1 aromatic rings. The molecule has 7 heteroatoms. The van der Waals surface area contributed by atoms with Gasteiger partial charge in [0.2, 0.25) is 24.8 Å². The molecule has 1 N–H and O–H groups in total. The summed E-state index contributed by atoms with van der Waals surface area (Å²) in [5.74, 6) is -3.51. The Morgan fingerprint density at radius 1 is 1.04 bits per heavy atom. The van der Waals surface area contributed by atoms with Crippen molar-refractivity contribution in [1.82, 2.24) is 0 Å². The zero-order valence-corrected chi connectivity index (χ0v) is 16.5. The highest BCUT2D eigenvalue weighted by Crippen LogP contribution is 2.45. The van der Waals surface area contributed by atoms with Crippen LogP contribution in [-0.2, 0) is 28.1 Å². The van der Waals surface area contributed by atoms with E-state index in [1.54, 1.807) is 33.8 Å². The van der Waals surface area contributed by atoms with Crippen molar-refractivity contribution in [3.8, 4) is 0 Å². The van der Waals surface area contributed by atoms with E-state index >= 15 is 0 Å². The number of aliphatic hydroxyl groups is 1. The molecule has 3 fully saturated rings. The molecule has 1 aromatic carbocycles. The molecular formula is C21H26O7. The minimum atomic E-state index is -1.84. The number of fused-ring (bicyclic) bond motifs is 1. The number of carbonyl (C=O) groups excluding carboxylic acids is 1. The Morgan fingerprint density at radius 2 is 1.79 bits per heavy atom. The molecule has 0 bridgehead atoms. The average Bonchev–Trinajstić information content (AvgIpc) is 3.23. The molecule has 7 nitrogen and oxygen atoms in total. The third kappa shape index (κ3) is 3.78. The summed E-state index contributed by atoms with van der Waals surface area (Å²) in [6.45, 7) is 7.38. The van der Waals surface area contributed by atoms with Crippen LogP contribution < -0.4 is 0 Å². The van der Waals surface area contributed by atoms with Gasteiger partial charge in [0.05, 0.1) is 6.61 Å². The number of ether oxygens (including phenoxy) is 5. The first kappa shape index (κ1) is 19.7. The lowest BCUT2D eigenvalue weighted by Gasteiger charge is -2.27. The fourth-order valence-corrected chi connectivity index (χ4v) is 3.67. The first-order valence-electron chi connectivity index (χ1n) is 9.39. The fourth-order valence-electron chi connectivity index (χ4n) is 3.67. The van der Waals surface area contributed by atoms with E-state index in [1.807, 2.05) is 36.4 Å². The van der Waals surface area contributed by atoms with Gasteiger partial charge < -0.3 is 33.2 Å². The number of hydrogen-bond donors (Lipinski definition) is 1.